The molecule has 0 fully saturated rings. The van der Waals surface area contributed by atoms with E-state index in [0.29, 0.717) is 0 Å². The van der Waals surface area contributed by atoms with Crippen LogP contribution in [0.3, 0.4) is 0 Å². The van der Waals surface area contributed by atoms with Gasteiger partial charge in [-0.3, -0.25) is 0 Å². The van der Waals surface area contributed by atoms with Gasteiger partial charge in [0.05, 0.1) is 10.5 Å². The van der Waals surface area contributed by atoms with Crippen molar-refractivity contribution in [3.63, 3.8) is 0 Å². The van der Waals surface area contributed by atoms with Crippen LogP contribution in [0.15, 0.2) is 25.3 Å². The van der Waals surface area contributed by atoms with Crippen LogP contribution in [0.2, 0.25) is 0 Å². The highest BCUT2D eigenvalue weighted by Gasteiger charge is 2.12. The van der Waals surface area contributed by atoms with Gasteiger partial charge >= 0.3 is 0 Å². The van der Waals surface area contributed by atoms with E-state index in [4.69, 9.17) is 9.47 Å². The molecule has 0 aromatic rings. The summed E-state index contributed by atoms with van der Waals surface area (Å²) in [7, 11) is 0. The molecule has 0 aliphatic rings. The van der Waals surface area contributed by atoms with E-state index in [9.17, 15) is 0 Å². The maximum Gasteiger partial charge on any atom is 0.167 e. The number of ether oxygens (including phenoxy) is 2. The van der Waals surface area contributed by atoms with Crippen molar-refractivity contribution >= 4 is 22.6 Å². The molecule has 0 bridgehead atoms. The van der Waals surface area contributed by atoms with Gasteiger partial charge in [-0.1, -0.05) is 48.1 Å². The van der Waals surface area contributed by atoms with Gasteiger partial charge in [-0.25, -0.2) is 0 Å². The zero-order valence-electron chi connectivity index (χ0n) is 9.45. The lowest BCUT2D eigenvalue weighted by Gasteiger charge is -2.20. The maximum absolute atomic E-state index is 5.72. The predicted molar refractivity (Wildman–Crippen MR) is 73.4 cm³/mol. The zero-order chi connectivity index (χ0) is 11.5. The van der Waals surface area contributed by atoms with Crippen molar-refractivity contribution in [1.82, 2.24) is 0 Å². The normalized spacial score (nSPS) is 14.5. The molecular weight excluding hydrogens is 303 g/mol. The lowest BCUT2D eigenvalue weighted by Crippen LogP contribution is -2.25. The Labute approximate surface area is 107 Å². The average molecular weight is 324 g/mol. The van der Waals surface area contributed by atoms with E-state index in [1.807, 2.05) is 6.08 Å². The molecule has 0 amide bonds. The minimum atomic E-state index is -0.125. The summed E-state index contributed by atoms with van der Waals surface area (Å²) in [5.74, 6) is 0. The molecule has 88 valence electrons. The Bertz CT molecular complexity index is 171. The summed E-state index contributed by atoms with van der Waals surface area (Å²) in [6.45, 7) is 10.3. The topological polar surface area (TPSA) is 18.5 Å². The molecular formula is C12H21IO2. The fourth-order valence-electron chi connectivity index (χ4n) is 1.05. The molecule has 0 spiro atoms. The molecule has 0 saturated heterocycles. The molecule has 2 nitrogen and oxygen atoms in total. The molecule has 2 atom stereocenters. The van der Waals surface area contributed by atoms with Gasteiger partial charge in [0.25, 0.3) is 0 Å². The summed E-state index contributed by atoms with van der Waals surface area (Å²) in [6, 6.07) is 0. The summed E-state index contributed by atoms with van der Waals surface area (Å²) in [6.07, 6.45) is 6.53. The molecule has 0 saturated carbocycles. The molecule has 0 N–H and O–H groups in total. The summed E-state index contributed by atoms with van der Waals surface area (Å²) < 4.78 is 12.2. The Balaban J connectivity index is 3.83. The van der Waals surface area contributed by atoms with Gasteiger partial charge in [-0.2, -0.15) is 0 Å². The third-order valence-corrected chi connectivity index (χ3v) is 2.64. The van der Waals surface area contributed by atoms with E-state index in [2.05, 4.69) is 42.7 Å². The third-order valence-electron chi connectivity index (χ3n) is 1.92. The molecule has 0 radical (unpaired) electrons. The molecule has 0 aromatic heterocycles. The van der Waals surface area contributed by atoms with E-state index in [1.165, 1.54) is 0 Å². The number of rotatable bonds is 10. The second-order valence-electron chi connectivity index (χ2n) is 3.24. The molecule has 0 aromatic carbocycles. The molecule has 0 rings (SSSR count). The van der Waals surface area contributed by atoms with Crippen LogP contribution >= 0.6 is 22.6 Å². The van der Waals surface area contributed by atoms with Crippen LogP contribution < -0.4 is 0 Å². The molecule has 0 heterocycles. The number of unbranched alkanes of at least 4 members (excludes halogenated alkanes) is 1. The summed E-state index contributed by atoms with van der Waals surface area (Å²) in [5.41, 5.74) is 0. The van der Waals surface area contributed by atoms with Gasteiger partial charge < -0.3 is 9.47 Å². The third kappa shape index (κ3) is 7.99. The Morgan fingerprint density at radius 1 is 1.40 bits per heavy atom. The van der Waals surface area contributed by atoms with Crippen LogP contribution in [0.1, 0.15) is 26.2 Å². The number of alkyl halides is 1. The van der Waals surface area contributed by atoms with Crippen molar-refractivity contribution in [2.45, 2.75) is 38.6 Å². The first kappa shape index (κ1) is 15.1. The molecule has 0 aliphatic heterocycles. The first-order valence-corrected chi connectivity index (χ1v) is 6.87. The van der Waals surface area contributed by atoms with Crippen LogP contribution in [0.4, 0.5) is 0 Å². The molecule has 3 heteroatoms. The van der Waals surface area contributed by atoms with Gasteiger partial charge in [0, 0.05) is 6.61 Å². The number of hydrogen-bond donors (Lipinski definition) is 0. The van der Waals surface area contributed by atoms with Crippen LogP contribution in [0.5, 0.6) is 0 Å². The summed E-state index contributed by atoms with van der Waals surface area (Å²) in [5, 5.41) is 0. The first-order valence-electron chi connectivity index (χ1n) is 5.34. The van der Waals surface area contributed by atoms with Gasteiger partial charge in [0.15, 0.2) is 6.29 Å². The van der Waals surface area contributed by atoms with E-state index >= 15 is 0 Å². The standard InChI is InChI=1S/C12H21IO2/c1-4-7-9-14-12(10-13)15-11(6-3)8-5-2/h5-6,11-12H,2-4,7-10H2,1H3. The Morgan fingerprint density at radius 3 is 2.60 bits per heavy atom. The molecule has 2 unspecified atom stereocenters. The summed E-state index contributed by atoms with van der Waals surface area (Å²) in [4.78, 5) is 0. The summed E-state index contributed by atoms with van der Waals surface area (Å²) >= 11 is 2.27. The average Bonchev–Trinajstić information content (AvgIpc) is 2.26. The second kappa shape index (κ2) is 10.6. The number of hydrogen-bond acceptors (Lipinski definition) is 2. The highest BCUT2D eigenvalue weighted by Crippen LogP contribution is 2.09. The Morgan fingerprint density at radius 2 is 2.13 bits per heavy atom. The van der Waals surface area contributed by atoms with E-state index in [0.717, 1.165) is 30.3 Å². The van der Waals surface area contributed by atoms with Crippen molar-refractivity contribution in [2.24, 2.45) is 0 Å². The fourth-order valence-corrected chi connectivity index (χ4v) is 1.51. The minimum Gasteiger partial charge on any atom is -0.352 e. The van der Waals surface area contributed by atoms with Gasteiger partial charge in [-0.05, 0) is 12.8 Å². The van der Waals surface area contributed by atoms with Crippen LogP contribution in [-0.4, -0.2) is 23.4 Å². The van der Waals surface area contributed by atoms with Crippen molar-refractivity contribution in [3.05, 3.63) is 25.3 Å². The zero-order valence-corrected chi connectivity index (χ0v) is 11.6. The van der Waals surface area contributed by atoms with E-state index in [-0.39, 0.29) is 12.4 Å². The number of halogens is 1. The van der Waals surface area contributed by atoms with Crippen molar-refractivity contribution < 1.29 is 9.47 Å². The Hall–Kier alpha value is 0.130. The van der Waals surface area contributed by atoms with E-state index in [1.54, 1.807) is 6.08 Å². The molecule has 15 heavy (non-hydrogen) atoms. The lowest BCUT2D eigenvalue weighted by molar-refractivity contribution is -0.143. The first-order chi connectivity index (χ1) is 7.28. The van der Waals surface area contributed by atoms with Crippen molar-refractivity contribution in [2.75, 3.05) is 11.0 Å². The van der Waals surface area contributed by atoms with Gasteiger partial charge in [-0.15, -0.1) is 13.2 Å². The highest BCUT2D eigenvalue weighted by atomic mass is 127. The SMILES string of the molecule is C=CCC(C=C)OC(CI)OCCCC. The maximum atomic E-state index is 5.72. The van der Waals surface area contributed by atoms with Crippen molar-refractivity contribution in [3.8, 4) is 0 Å². The van der Waals surface area contributed by atoms with Crippen LogP contribution in [0, 0.1) is 0 Å². The van der Waals surface area contributed by atoms with Gasteiger partial charge in [0.1, 0.15) is 0 Å². The monoisotopic (exact) mass is 324 g/mol. The largest absolute Gasteiger partial charge is 0.352 e. The van der Waals surface area contributed by atoms with E-state index < -0.39 is 0 Å². The minimum absolute atomic E-state index is 0.0175. The molecule has 0 aliphatic carbocycles. The Kier molecular flexibility index (Phi) is 10.7. The predicted octanol–water partition coefficient (Wildman–Crippen LogP) is 3.71. The quantitative estimate of drug-likeness (QED) is 0.200. The van der Waals surface area contributed by atoms with Crippen LogP contribution in [-0.2, 0) is 9.47 Å². The van der Waals surface area contributed by atoms with Gasteiger partial charge in [0.2, 0.25) is 0 Å². The second-order valence-corrected chi connectivity index (χ2v) is 4.12. The van der Waals surface area contributed by atoms with Crippen molar-refractivity contribution in [1.29, 1.82) is 0 Å². The highest BCUT2D eigenvalue weighted by molar-refractivity contribution is 14.1. The smallest absolute Gasteiger partial charge is 0.167 e. The fraction of sp³-hybridized carbons (Fsp3) is 0.667. The van der Waals surface area contributed by atoms with Crippen LogP contribution in [0.25, 0.3) is 0 Å². The lowest BCUT2D eigenvalue weighted by atomic mass is 10.2.